The highest BCUT2D eigenvalue weighted by Gasteiger charge is 2.12. The molecule has 0 radical (unpaired) electrons. The Balaban J connectivity index is 1.93. The Morgan fingerprint density at radius 3 is 1.68 bits per heavy atom. The second-order valence-corrected chi connectivity index (χ2v) is 6.15. The van der Waals surface area contributed by atoms with E-state index in [4.69, 9.17) is 11.6 Å². The normalized spacial score (nSPS) is 10.4. The molecule has 3 aromatic rings. The highest BCUT2D eigenvalue weighted by molar-refractivity contribution is 6.18. The number of alkyl halides is 1. The average Bonchev–Trinajstić information content (AvgIpc) is 2.68. The second-order valence-electron chi connectivity index (χ2n) is 5.77. The minimum Gasteiger partial charge on any atom is -0.311 e. The number of carbonyl (C=O) groups is 1. The number of nitrogens with zero attached hydrogens (tertiary/aromatic N) is 1. The lowest BCUT2D eigenvalue weighted by Gasteiger charge is -2.25. The van der Waals surface area contributed by atoms with Crippen LogP contribution in [0, 0.1) is 0 Å². The predicted molar refractivity (Wildman–Crippen MR) is 105 cm³/mol. The van der Waals surface area contributed by atoms with Crippen molar-refractivity contribution in [3.63, 3.8) is 0 Å². The maximum atomic E-state index is 12.2. The third-order valence-corrected chi connectivity index (χ3v) is 4.28. The number of carbonyl (C=O) groups excluding carboxylic acids is 1. The number of halogens is 1. The van der Waals surface area contributed by atoms with Crippen LogP contribution in [-0.2, 0) is 0 Å². The molecular formula is C22H20ClNO. The third kappa shape index (κ3) is 4.28. The van der Waals surface area contributed by atoms with Crippen molar-refractivity contribution in [2.75, 3.05) is 10.8 Å². The largest absolute Gasteiger partial charge is 0.311 e. The molecule has 0 aliphatic rings. The predicted octanol–water partition coefficient (Wildman–Crippen LogP) is 6.36. The first-order valence-electron chi connectivity index (χ1n) is 8.39. The summed E-state index contributed by atoms with van der Waals surface area (Å²) in [6.45, 7) is 0. The Kier molecular flexibility index (Phi) is 5.86. The highest BCUT2D eigenvalue weighted by atomic mass is 35.5. The van der Waals surface area contributed by atoms with E-state index in [1.807, 2.05) is 60.7 Å². The van der Waals surface area contributed by atoms with Crippen LogP contribution in [0.4, 0.5) is 17.1 Å². The fourth-order valence-electron chi connectivity index (χ4n) is 2.77. The molecule has 3 heteroatoms. The van der Waals surface area contributed by atoms with Gasteiger partial charge in [-0.05, 0) is 55.0 Å². The number of hydrogen-bond acceptors (Lipinski definition) is 2. The first-order chi connectivity index (χ1) is 12.3. The fourth-order valence-corrected chi connectivity index (χ4v) is 2.90. The van der Waals surface area contributed by atoms with Gasteiger partial charge in [-0.1, -0.05) is 36.4 Å². The van der Waals surface area contributed by atoms with Gasteiger partial charge in [0.1, 0.15) is 0 Å². The maximum absolute atomic E-state index is 12.2. The first kappa shape index (κ1) is 17.2. The van der Waals surface area contributed by atoms with Gasteiger partial charge >= 0.3 is 0 Å². The van der Waals surface area contributed by atoms with Crippen LogP contribution in [0.1, 0.15) is 23.2 Å². The van der Waals surface area contributed by atoms with E-state index in [0.29, 0.717) is 18.7 Å². The van der Waals surface area contributed by atoms with Gasteiger partial charge in [0, 0.05) is 34.9 Å². The van der Waals surface area contributed by atoms with Gasteiger partial charge < -0.3 is 4.90 Å². The van der Waals surface area contributed by atoms with Crippen LogP contribution >= 0.6 is 11.6 Å². The second kappa shape index (κ2) is 8.50. The summed E-state index contributed by atoms with van der Waals surface area (Å²) in [5.41, 5.74) is 3.91. The van der Waals surface area contributed by atoms with Crippen LogP contribution < -0.4 is 4.90 Å². The highest BCUT2D eigenvalue weighted by Crippen LogP contribution is 2.34. The Bertz CT molecular complexity index is 761. The molecule has 0 spiro atoms. The van der Waals surface area contributed by atoms with Crippen molar-refractivity contribution in [2.24, 2.45) is 0 Å². The van der Waals surface area contributed by atoms with E-state index >= 15 is 0 Å². The Labute approximate surface area is 153 Å². The number of para-hydroxylation sites is 2. The molecule has 3 rings (SSSR count). The molecule has 0 unspecified atom stereocenters. The van der Waals surface area contributed by atoms with Crippen LogP contribution in [0.5, 0.6) is 0 Å². The minimum absolute atomic E-state index is 0.137. The standard InChI is InChI=1S/C22H20ClNO/c23-17-7-12-22(25)18-13-15-21(16-14-18)24(19-8-3-1-4-9-19)20-10-5-2-6-11-20/h1-6,8-11,13-16H,7,12,17H2. The maximum Gasteiger partial charge on any atom is 0.162 e. The van der Waals surface area contributed by atoms with Gasteiger partial charge in [0.05, 0.1) is 0 Å². The molecule has 25 heavy (non-hydrogen) atoms. The molecule has 3 aromatic carbocycles. The smallest absolute Gasteiger partial charge is 0.162 e. The lowest BCUT2D eigenvalue weighted by molar-refractivity contribution is 0.0982. The zero-order chi connectivity index (χ0) is 17.5. The molecule has 0 aliphatic heterocycles. The Hall–Kier alpha value is -2.58. The zero-order valence-electron chi connectivity index (χ0n) is 13.9. The minimum atomic E-state index is 0.137. The van der Waals surface area contributed by atoms with Crippen molar-refractivity contribution in [1.82, 2.24) is 0 Å². The summed E-state index contributed by atoms with van der Waals surface area (Å²) in [7, 11) is 0. The molecule has 2 nitrogen and oxygen atoms in total. The van der Waals surface area contributed by atoms with Crippen molar-refractivity contribution in [2.45, 2.75) is 12.8 Å². The third-order valence-electron chi connectivity index (χ3n) is 4.01. The van der Waals surface area contributed by atoms with E-state index in [-0.39, 0.29) is 5.78 Å². The molecule has 126 valence electrons. The molecule has 0 amide bonds. The van der Waals surface area contributed by atoms with Gasteiger partial charge in [-0.15, -0.1) is 11.6 Å². The summed E-state index contributed by atoms with van der Waals surface area (Å²) in [6.07, 6.45) is 1.20. The Morgan fingerprint density at radius 1 is 0.720 bits per heavy atom. The molecule has 0 fully saturated rings. The van der Waals surface area contributed by atoms with Crippen LogP contribution in [0.2, 0.25) is 0 Å². The first-order valence-corrected chi connectivity index (χ1v) is 8.92. The van der Waals surface area contributed by atoms with E-state index in [0.717, 1.165) is 22.6 Å². The van der Waals surface area contributed by atoms with Crippen molar-refractivity contribution >= 4 is 34.4 Å². The van der Waals surface area contributed by atoms with Crippen molar-refractivity contribution < 1.29 is 4.79 Å². The average molecular weight is 350 g/mol. The summed E-state index contributed by atoms with van der Waals surface area (Å²) in [6, 6.07) is 28.2. The van der Waals surface area contributed by atoms with E-state index in [1.165, 1.54) is 0 Å². The number of rotatable bonds is 7. The molecule has 0 aromatic heterocycles. The number of hydrogen-bond donors (Lipinski definition) is 0. The summed E-state index contributed by atoms with van der Waals surface area (Å²) in [4.78, 5) is 14.3. The summed E-state index contributed by atoms with van der Waals surface area (Å²) < 4.78 is 0. The molecule has 0 saturated carbocycles. The van der Waals surface area contributed by atoms with Crippen LogP contribution in [-0.4, -0.2) is 11.7 Å². The van der Waals surface area contributed by atoms with E-state index in [9.17, 15) is 4.79 Å². The van der Waals surface area contributed by atoms with Crippen molar-refractivity contribution in [3.8, 4) is 0 Å². The number of anilines is 3. The molecule has 0 heterocycles. The quantitative estimate of drug-likeness (QED) is 0.365. The topological polar surface area (TPSA) is 20.3 Å². The lowest BCUT2D eigenvalue weighted by atomic mass is 10.1. The molecule has 0 bridgehead atoms. The number of Topliss-reactive ketones (excluding diaryl/α,β-unsaturated/α-hetero) is 1. The summed E-state index contributed by atoms with van der Waals surface area (Å²) in [5, 5.41) is 0. The van der Waals surface area contributed by atoms with Gasteiger partial charge in [-0.2, -0.15) is 0 Å². The molecule has 0 atom stereocenters. The molecule has 0 N–H and O–H groups in total. The van der Waals surface area contributed by atoms with E-state index < -0.39 is 0 Å². The monoisotopic (exact) mass is 349 g/mol. The van der Waals surface area contributed by atoms with E-state index in [2.05, 4.69) is 29.2 Å². The van der Waals surface area contributed by atoms with Gasteiger partial charge in [-0.25, -0.2) is 0 Å². The fraction of sp³-hybridized carbons (Fsp3) is 0.136. The van der Waals surface area contributed by atoms with Gasteiger partial charge in [0.15, 0.2) is 5.78 Å². The van der Waals surface area contributed by atoms with Crippen LogP contribution in [0.25, 0.3) is 0 Å². The van der Waals surface area contributed by atoms with Gasteiger partial charge in [0.25, 0.3) is 0 Å². The lowest BCUT2D eigenvalue weighted by Crippen LogP contribution is -2.10. The summed E-state index contributed by atoms with van der Waals surface area (Å²) >= 11 is 5.68. The molecular weight excluding hydrogens is 330 g/mol. The van der Waals surface area contributed by atoms with Gasteiger partial charge in [0.2, 0.25) is 0 Å². The summed E-state index contributed by atoms with van der Waals surface area (Å²) in [5.74, 6) is 0.651. The zero-order valence-corrected chi connectivity index (χ0v) is 14.7. The van der Waals surface area contributed by atoms with E-state index in [1.54, 1.807) is 0 Å². The Morgan fingerprint density at radius 2 is 1.20 bits per heavy atom. The van der Waals surface area contributed by atoms with Crippen LogP contribution in [0.15, 0.2) is 84.9 Å². The SMILES string of the molecule is O=C(CCCCl)c1ccc(N(c2ccccc2)c2ccccc2)cc1. The van der Waals surface area contributed by atoms with Crippen molar-refractivity contribution in [3.05, 3.63) is 90.5 Å². The number of ketones is 1. The molecule has 0 saturated heterocycles. The number of benzene rings is 3. The van der Waals surface area contributed by atoms with Crippen LogP contribution in [0.3, 0.4) is 0 Å². The molecule has 0 aliphatic carbocycles. The van der Waals surface area contributed by atoms with Crippen molar-refractivity contribution in [1.29, 1.82) is 0 Å². The van der Waals surface area contributed by atoms with Gasteiger partial charge in [-0.3, -0.25) is 4.79 Å².